The third kappa shape index (κ3) is 3.54. The van der Waals surface area contributed by atoms with Gasteiger partial charge in [0.05, 0.1) is 0 Å². The minimum absolute atomic E-state index is 0.0612. The number of hydrogen-bond donors (Lipinski definition) is 3. The number of amides is 1. The van der Waals surface area contributed by atoms with Gasteiger partial charge in [0.25, 0.3) is 0 Å². The molecule has 0 unspecified atom stereocenters. The van der Waals surface area contributed by atoms with Crippen LogP contribution in [0.4, 0.5) is 0 Å². The van der Waals surface area contributed by atoms with E-state index in [0.29, 0.717) is 19.4 Å². The van der Waals surface area contributed by atoms with Crippen LogP contribution in [-0.4, -0.2) is 35.5 Å². The van der Waals surface area contributed by atoms with Crippen molar-refractivity contribution < 1.29 is 10.0 Å². The van der Waals surface area contributed by atoms with Crippen molar-refractivity contribution in [1.29, 1.82) is 0 Å². The molecule has 0 heterocycles. The molecule has 0 aliphatic heterocycles. The third-order valence-electron chi connectivity index (χ3n) is 3.58. The maximum Gasteiger partial charge on any atom is 0.233 e. The van der Waals surface area contributed by atoms with Crippen LogP contribution in [-0.2, 0) is 4.79 Å². The van der Waals surface area contributed by atoms with Gasteiger partial charge in [0.1, 0.15) is 5.41 Å². The van der Waals surface area contributed by atoms with E-state index in [1.54, 1.807) is 11.8 Å². The maximum atomic E-state index is 12.4. The highest BCUT2D eigenvalue weighted by molar-refractivity contribution is 7.98. The van der Waals surface area contributed by atoms with E-state index in [0.717, 1.165) is 31.4 Å². The summed E-state index contributed by atoms with van der Waals surface area (Å²) in [4.78, 5) is 12.4. The molecule has 1 amide bonds. The first-order valence-electron chi connectivity index (χ1n) is 6.42. The van der Waals surface area contributed by atoms with Crippen molar-refractivity contribution in [2.75, 3.05) is 18.6 Å². The van der Waals surface area contributed by atoms with Crippen molar-refractivity contribution in [3.05, 3.63) is 0 Å². The summed E-state index contributed by atoms with van der Waals surface area (Å²) < 4.78 is 0. The zero-order chi connectivity index (χ0) is 13.4. The molecule has 1 saturated carbocycles. The van der Waals surface area contributed by atoms with Crippen LogP contribution in [0.25, 0.3) is 0 Å². The lowest BCUT2D eigenvalue weighted by Crippen LogP contribution is -2.50. The smallest absolute Gasteiger partial charge is 0.233 e. The van der Waals surface area contributed by atoms with Gasteiger partial charge < -0.3 is 16.3 Å². The maximum absolute atomic E-state index is 12.4. The molecule has 5 nitrogen and oxygen atoms in total. The van der Waals surface area contributed by atoms with E-state index in [2.05, 4.69) is 10.5 Å². The predicted molar refractivity (Wildman–Crippen MR) is 74.9 cm³/mol. The number of nitrogens with one attached hydrogen (secondary N) is 1. The van der Waals surface area contributed by atoms with Crippen LogP contribution in [0, 0.1) is 5.41 Å². The molecule has 0 aromatic heterocycles. The molecule has 104 valence electrons. The Balaban J connectivity index is 2.79. The SMILES string of the molecule is CSCCNC(=O)C1(C(N)=NO)CCCCCC1. The second-order valence-corrected chi connectivity index (χ2v) is 5.72. The van der Waals surface area contributed by atoms with E-state index in [9.17, 15) is 4.79 Å². The second-order valence-electron chi connectivity index (χ2n) is 4.73. The number of carbonyl (C=O) groups excluding carboxylic acids is 1. The first-order valence-corrected chi connectivity index (χ1v) is 7.82. The van der Waals surface area contributed by atoms with Crippen molar-refractivity contribution >= 4 is 23.5 Å². The molecule has 1 aliphatic carbocycles. The van der Waals surface area contributed by atoms with Gasteiger partial charge in [-0.15, -0.1) is 0 Å². The molecule has 1 rings (SSSR count). The Kier molecular flexibility index (Phi) is 6.32. The van der Waals surface area contributed by atoms with Crippen LogP contribution in [0.5, 0.6) is 0 Å². The first-order chi connectivity index (χ1) is 8.67. The van der Waals surface area contributed by atoms with Gasteiger partial charge in [0, 0.05) is 12.3 Å². The summed E-state index contributed by atoms with van der Waals surface area (Å²) in [6.07, 6.45) is 7.47. The molecule has 1 fully saturated rings. The molecule has 0 aromatic carbocycles. The Labute approximate surface area is 113 Å². The number of rotatable bonds is 5. The number of hydrogen-bond acceptors (Lipinski definition) is 4. The van der Waals surface area contributed by atoms with E-state index in [-0.39, 0.29) is 11.7 Å². The Bertz CT molecular complexity index is 300. The summed E-state index contributed by atoms with van der Waals surface area (Å²) in [6, 6.07) is 0. The van der Waals surface area contributed by atoms with Gasteiger partial charge >= 0.3 is 0 Å². The van der Waals surface area contributed by atoms with E-state index in [4.69, 9.17) is 10.9 Å². The minimum Gasteiger partial charge on any atom is -0.409 e. The largest absolute Gasteiger partial charge is 0.409 e. The molecule has 6 heteroatoms. The van der Waals surface area contributed by atoms with Crippen molar-refractivity contribution in [2.24, 2.45) is 16.3 Å². The van der Waals surface area contributed by atoms with Gasteiger partial charge in [-0.1, -0.05) is 30.8 Å². The number of oxime groups is 1. The second kappa shape index (κ2) is 7.51. The van der Waals surface area contributed by atoms with Gasteiger partial charge in [-0.05, 0) is 19.1 Å². The molecule has 0 radical (unpaired) electrons. The molecule has 18 heavy (non-hydrogen) atoms. The minimum atomic E-state index is -0.802. The van der Waals surface area contributed by atoms with Gasteiger partial charge in [-0.25, -0.2) is 0 Å². The molecular weight excluding hydrogens is 250 g/mol. The molecule has 0 atom stereocenters. The quantitative estimate of drug-likeness (QED) is 0.177. The third-order valence-corrected chi connectivity index (χ3v) is 4.19. The highest BCUT2D eigenvalue weighted by Gasteiger charge is 2.42. The van der Waals surface area contributed by atoms with Crippen LogP contribution >= 0.6 is 11.8 Å². The Hall–Kier alpha value is -0.910. The van der Waals surface area contributed by atoms with Gasteiger partial charge in [-0.3, -0.25) is 4.79 Å². The lowest BCUT2D eigenvalue weighted by molar-refractivity contribution is -0.128. The fourth-order valence-corrected chi connectivity index (χ4v) is 2.77. The summed E-state index contributed by atoms with van der Waals surface area (Å²) in [6.45, 7) is 0.625. The van der Waals surface area contributed by atoms with Gasteiger partial charge in [0.15, 0.2) is 5.84 Å². The van der Waals surface area contributed by atoms with Crippen LogP contribution < -0.4 is 11.1 Å². The number of nitrogens with zero attached hydrogens (tertiary/aromatic N) is 1. The monoisotopic (exact) mass is 273 g/mol. The topological polar surface area (TPSA) is 87.7 Å². The number of amidine groups is 1. The molecule has 0 saturated heterocycles. The fraction of sp³-hybridized carbons (Fsp3) is 0.833. The van der Waals surface area contributed by atoms with Crippen LogP contribution in [0.1, 0.15) is 38.5 Å². The highest BCUT2D eigenvalue weighted by atomic mass is 32.2. The average molecular weight is 273 g/mol. The normalized spacial score (nSPS) is 20.2. The van der Waals surface area contributed by atoms with Crippen LogP contribution in [0.2, 0.25) is 0 Å². The lowest BCUT2D eigenvalue weighted by atomic mass is 9.78. The fourth-order valence-electron chi connectivity index (χ4n) is 2.46. The summed E-state index contributed by atoms with van der Waals surface area (Å²) >= 11 is 1.68. The Morgan fingerprint density at radius 2 is 2.00 bits per heavy atom. The lowest BCUT2D eigenvalue weighted by Gasteiger charge is -2.29. The van der Waals surface area contributed by atoms with Gasteiger partial charge in [0.2, 0.25) is 5.91 Å². The Morgan fingerprint density at radius 1 is 1.39 bits per heavy atom. The molecule has 0 bridgehead atoms. The number of thioether (sulfide) groups is 1. The predicted octanol–water partition coefficient (Wildman–Crippen LogP) is 1.55. The van der Waals surface area contributed by atoms with E-state index in [1.165, 1.54) is 0 Å². The van der Waals surface area contributed by atoms with E-state index < -0.39 is 5.41 Å². The van der Waals surface area contributed by atoms with Crippen molar-refractivity contribution in [3.63, 3.8) is 0 Å². The zero-order valence-corrected chi connectivity index (χ0v) is 11.8. The highest BCUT2D eigenvalue weighted by Crippen LogP contribution is 2.35. The Morgan fingerprint density at radius 3 is 2.50 bits per heavy atom. The van der Waals surface area contributed by atoms with Crippen molar-refractivity contribution in [2.45, 2.75) is 38.5 Å². The standard InChI is InChI=1S/C12H23N3O2S/c1-18-9-8-14-11(16)12(10(13)15-17)6-4-2-3-5-7-12/h17H,2-9H2,1H3,(H2,13,15)(H,14,16). The van der Waals surface area contributed by atoms with Gasteiger partial charge in [-0.2, -0.15) is 11.8 Å². The van der Waals surface area contributed by atoms with E-state index >= 15 is 0 Å². The van der Waals surface area contributed by atoms with Crippen LogP contribution in [0.3, 0.4) is 0 Å². The van der Waals surface area contributed by atoms with Crippen molar-refractivity contribution in [3.8, 4) is 0 Å². The molecule has 4 N–H and O–H groups in total. The molecule has 1 aliphatic rings. The number of nitrogens with two attached hydrogens (primary N) is 1. The van der Waals surface area contributed by atoms with E-state index in [1.807, 2.05) is 6.26 Å². The summed E-state index contributed by atoms with van der Waals surface area (Å²) in [5.74, 6) is 0.845. The first kappa shape index (κ1) is 15.1. The number of carbonyl (C=O) groups is 1. The average Bonchev–Trinajstić information content (AvgIpc) is 2.64. The molecule has 0 aromatic rings. The summed E-state index contributed by atoms with van der Waals surface area (Å²) in [5.41, 5.74) is 4.99. The molecular formula is C12H23N3O2S. The zero-order valence-electron chi connectivity index (χ0n) is 10.9. The van der Waals surface area contributed by atoms with Crippen LogP contribution in [0.15, 0.2) is 5.16 Å². The summed E-state index contributed by atoms with van der Waals surface area (Å²) in [5, 5.41) is 15.0. The van der Waals surface area contributed by atoms with Crippen molar-refractivity contribution in [1.82, 2.24) is 5.32 Å². The summed E-state index contributed by atoms with van der Waals surface area (Å²) in [7, 11) is 0. The molecule has 0 spiro atoms.